The van der Waals surface area contributed by atoms with Gasteiger partial charge in [0.25, 0.3) is 5.91 Å². The Morgan fingerprint density at radius 1 is 1.17 bits per heavy atom. The first kappa shape index (κ1) is 27.4. The number of amides is 3. The molecule has 0 fully saturated rings. The van der Waals surface area contributed by atoms with Crippen molar-refractivity contribution in [3.05, 3.63) is 72.3 Å². The number of hydrogen-bond acceptors (Lipinski definition) is 9. The molecular formula is C29H28N4O8. The highest BCUT2D eigenvalue weighted by atomic mass is 16.6. The average Bonchev–Trinajstić information content (AvgIpc) is 3.60. The van der Waals surface area contributed by atoms with Crippen LogP contribution in [0, 0.1) is 0 Å². The molecule has 12 nitrogen and oxygen atoms in total. The van der Waals surface area contributed by atoms with Gasteiger partial charge in [-0.3, -0.25) is 9.59 Å². The molecule has 0 unspecified atom stereocenters. The standard InChI is InChI=1S/C29H28N4O8/c1-17(18-8-6-5-7-9-18)31-28(37)41-27(36)29(2)16-39-23-20-11-10-19(25-30-12-13-38-25)14-21(20)40-24(23)26(35)33(29)15-22(34)32(3)4/h5-14,17H,15-16H2,1-4H3,(H,31,37)/t17-,29+/m0/s1. The number of carbonyl (C=O) groups is 4. The lowest BCUT2D eigenvalue weighted by Gasteiger charge is -2.36. The van der Waals surface area contributed by atoms with Gasteiger partial charge in [-0.05, 0) is 37.6 Å². The summed E-state index contributed by atoms with van der Waals surface area (Å²) in [6, 6.07) is 13.7. The summed E-state index contributed by atoms with van der Waals surface area (Å²) in [5.74, 6) is -2.06. The average molecular weight is 561 g/mol. The highest BCUT2D eigenvalue weighted by Crippen LogP contribution is 2.40. The van der Waals surface area contributed by atoms with Gasteiger partial charge >= 0.3 is 12.1 Å². The number of ether oxygens (including phenoxy) is 2. The first-order valence-corrected chi connectivity index (χ1v) is 12.8. The van der Waals surface area contributed by atoms with Gasteiger partial charge in [-0.15, -0.1) is 0 Å². The number of hydrogen-bond donors (Lipinski definition) is 1. The summed E-state index contributed by atoms with van der Waals surface area (Å²) in [5.41, 5.74) is -0.125. The lowest BCUT2D eigenvalue weighted by atomic mass is 10.0. The van der Waals surface area contributed by atoms with E-state index in [4.69, 9.17) is 18.3 Å². The van der Waals surface area contributed by atoms with E-state index in [2.05, 4.69) is 10.3 Å². The number of oxazole rings is 1. The highest BCUT2D eigenvalue weighted by molar-refractivity contribution is 6.06. The minimum absolute atomic E-state index is 0.102. The second-order valence-corrected chi connectivity index (χ2v) is 10.0. The summed E-state index contributed by atoms with van der Waals surface area (Å²) >= 11 is 0. The number of nitrogens with zero attached hydrogens (tertiary/aromatic N) is 3. The molecule has 0 bridgehead atoms. The number of carbonyl (C=O) groups excluding carboxylic acids is 4. The molecule has 4 aromatic rings. The van der Waals surface area contributed by atoms with Crippen molar-refractivity contribution in [1.29, 1.82) is 0 Å². The molecule has 0 saturated heterocycles. The smallest absolute Gasteiger partial charge is 0.415 e. The van der Waals surface area contributed by atoms with E-state index in [0.717, 1.165) is 10.5 Å². The van der Waals surface area contributed by atoms with Gasteiger partial charge in [-0.1, -0.05) is 30.3 Å². The largest absolute Gasteiger partial charge is 0.486 e. The van der Waals surface area contributed by atoms with E-state index in [0.29, 0.717) is 22.4 Å². The van der Waals surface area contributed by atoms with Gasteiger partial charge in [0.05, 0.1) is 17.6 Å². The Morgan fingerprint density at radius 3 is 2.61 bits per heavy atom. The van der Waals surface area contributed by atoms with Crippen LogP contribution < -0.4 is 10.1 Å². The number of fused-ring (bicyclic) bond motifs is 3. The molecule has 212 valence electrons. The van der Waals surface area contributed by atoms with E-state index in [1.807, 2.05) is 30.3 Å². The van der Waals surface area contributed by atoms with Gasteiger partial charge in [0.1, 0.15) is 25.0 Å². The Balaban J connectivity index is 1.45. The van der Waals surface area contributed by atoms with Crippen LogP contribution in [0.5, 0.6) is 5.75 Å². The zero-order valence-electron chi connectivity index (χ0n) is 22.9. The van der Waals surface area contributed by atoms with E-state index >= 15 is 0 Å². The van der Waals surface area contributed by atoms with Gasteiger partial charge in [0.15, 0.2) is 11.3 Å². The molecule has 0 aliphatic carbocycles. The zero-order chi connectivity index (χ0) is 29.3. The number of furan rings is 1. The summed E-state index contributed by atoms with van der Waals surface area (Å²) in [4.78, 5) is 59.3. The minimum atomic E-state index is -1.86. The SMILES string of the molecule is C[C@H](NC(=O)OC(=O)[C@@]1(C)COc2c(oc3cc(-c4ncco4)ccc23)C(=O)N1CC(=O)N(C)C)c1ccccc1. The molecule has 12 heteroatoms. The zero-order valence-corrected chi connectivity index (χ0v) is 22.9. The van der Waals surface area contributed by atoms with Gasteiger partial charge in [-0.25, -0.2) is 14.6 Å². The molecule has 41 heavy (non-hydrogen) atoms. The molecule has 3 amide bonds. The maximum absolute atomic E-state index is 13.9. The summed E-state index contributed by atoms with van der Waals surface area (Å²) in [5, 5.41) is 3.07. The molecule has 0 spiro atoms. The fourth-order valence-corrected chi connectivity index (χ4v) is 4.41. The van der Waals surface area contributed by atoms with Crippen molar-refractivity contribution < 1.29 is 37.5 Å². The number of aromatic nitrogens is 1. The van der Waals surface area contributed by atoms with Crippen molar-refractivity contribution in [1.82, 2.24) is 20.1 Å². The Morgan fingerprint density at radius 2 is 1.93 bits per heavy atom. The molecule has 3 heterocycles. The van der Waals surface area contributed by atoms with E-state index in [-0.39, 0.29) is 11.5 Å². The maximum Gasteiger partial charge on any atom is 0.415 e. The van der Waals surface area contributed by atoms with Crippen molar-refractivity contribution in [3.63, 3.8) is 0 Å². The first-order chi connectivity index (χ1) is 19.6. The molecule has 2 aromatic heterocycles. The predicted molar refractivity (Wildman–Crippen MR) is 145 cm³/mol. The number of esters is 1. The minimum Gasteiger partial charge on any atom is -0.486 e. The second kappa shape index (κ2) is 10.8. The quantitative estimate of drug-likeness (QED) is 0.275. The normalized spacial score (nSPS) is 17.3. The van der Waals surface area contributed by atoms with Gasteiger partial charge < -0.3 is 33.4 Å². The topological polar surface area (TPSA) is 144 Å². The van der Waals surface area contributed by atoms with Crippen LogP contribution in [0.1, 0.15) is 36.0 Å². The third-order valence-electron chi connectivity index (χ3n) is 6.91. The third-order valence-corrected chi connectivity index (χ3v) is 6.91. The molecule has 5 rings (SSSR count). The highest BCUT2D eigenvalue weighted by Gasteiger charge is 2.50. The van der Waals surface area contributed by atoms with Crippen molar-refractivity contribution in [3.8, 4) is 17.2 Å². The van der Waals surface area contributed by atoms with Gasteiger partial charge in [0.2, 0.25) is 17.6 Å². The number of nitrogens with one attached hydrogen (secondary N) is 1. The second-order valence-electron chi connectivity index (χ2n) is 10.0. The van der Waals surface area contributed by atoms with Crippen molar-refractivity contribution >= 4 is 34.8 Å². The Kier molecular flexibility index (Phi) is 7.22. The molecule has 2 aromatic carbocycles. The third kappa shape index (κ3) is 5.23. The van der Waals surface area contributed by atoms with E-state index in [9.17, 15) is 19.2 Å². The van der Waals surface area contributed by atoms with Crippen LogP contribution in [0.15, 0.2) is 69.8 Å². The van der Waals surface area contributed by atoms with Crippen LogP contribution in [-0.4, -0.2) is 71.4 Å². The summed E-state index contributed by atoms with van der Waals surface area (Å²) in [6.07, 6.45) is 1.93. The Labute approximate surface area is 234 Å². The lowest BCUT2D eigenvalue weighted by Crippen LogP contribution is -2.60. The number of rotatable bonds is 6. The number of benzene rings is 2. The molecule has 1 aliphatic rings. The number of alkyl carbamates (subject to hydrolysis) is 1. The summed E-state index contributed by atoms with van der Waals surface area (Å²) in [7, 11) is 3.04. The fraction of sp³-hybridized carbons (Fsp3) is 0.276. The monoisotopic (exact) mass is 560 g/mol. The van der Waals surface area contributed by atoms with Crippen LogP contribution in [0.3, 0.4) is 0 Å². The van der Waals surface area contributed by atoms with Gasteiger partial charge in [-0.2, -0.15) is 0 Å². The van der Waals surface area contributed by atoms with Crippen LogP contribution in [0.2, 0.25) is 0 Å². The summed E-state index contributed by atoms with van der Waals surface area (Å²) < 4.78 is 22.4. The van der Waals surface area contributed by atoms with Crippen LogP contribution in [-0.2, 0) is 14.3 Å². The van der Waals surface area contributed by atoms with Crippen molar-refractivity contribution in [2.24, 2.45) is 0 Å². The predicted octanol–water partition coefficient (Wildman–Crippen LogP) is 3.78. The van der Waals surface area contributed by atoms with E-state index in [1.165, 1.54) is 38.4 Å². The van der Waals surface area contributed by atoms with Crippen LogP contribution in [0.4, 0.5) is 4.79 Å². The number of likely N-dealkylation sites (N-methyl/N-ethyl adjacent to an activating group) is 1. The van der Waals surface area contributed by atoms with Crippen molar-refractivity contribution in [2.75, 3.05) is 27.2 Å². The maximum atomic E-state index is 13.9. The fourth-order valence-electron chi connectivity index (χ4n) is 4.41. The lowest BCUT2D eigenvalue weighted by molar-refractivity contribution is -0.152. The molecule has 0 saturated carbocycles. The molecule has 1 aliphatic heterocycles. The first-order valence-electron chi connectivity index (χ1n) is 12.8. The Bertz CT molecular complexity index is 1610. The molecule has 0 radical (unpaired) electrons. The van der Waals surface area contributed by atoms with Crippen LogP contribution >= 0.6 is 0 Å². The molecule has 2 atom stereocenters. The van der Waals surface area contributed by atoms with Gasteiger partial charge in [0, 0.05) is 19.7 Å². The molecular weight excluding hydrogens is 532 g/mol. The van der Waals surface area contributed by atoms with Crippen LogP contribution in [0.25, 0.3) is 22.4 Å². The molecule has 1 N–H and O–H groups in total. The Hall–Kier alpha value is -5.13. The van der Waals surface area contributed by atoms with Crippen molar-refractivity contribution in [2.45, 2.75) is 25.4 Å². The van der Waals surface area contributed by atoms with E-state index in [1.54, 1.807) is 25.1 Å². The van der Waals surface area contributed by atoms with E-state index < -0.39 is 48.6 Å². The summed E-state index contributed by atoms with van der Waals surface area (Å²) in [6.45, 7) is 2.20.